The summed E-state index contributed by atoms with van der Waals surface area (Å²) in [4.78, 5) is 4.30. The molecule has 0 saturated carbocycles. The number of hydrogen-bond donors (Lipinski definition) is 0. The number of alkyl halides is 1. The van der Waals surface area contributed by atoms with E-state index in [0.717, 1.165) is 11.3 Å². The predicted molar refractivity (Wildman–Crippen MR) is 57.5 cm³/mol. The van der Waals surface area contributed by atoms with Gasteiger partial charge in [-0.25, -0.2) is 4.98 Å². The van der Waals surface area contributed by atoms with Crippen LogP contribution in [0.4, 0.5) is 0 Å². The maximum Gasteiger partial charge on any atom is 0.133 e. The maximum absolute atomic E-state index is 5.94. The summed E-state index contributed by atoms with van der Waals surface area (Å²) >= 11 is 11.6. The highest BCUT2D eigenvalue weighted by Gasteiger charge is 2.16. The molecule has 13 heavy (non-hydrogen) atoms. The van der Waals surface area contributed by atoms with Gasteiger partial charge in [0.25, 0.3) is 0 Å². The van der Waals surface area contributed by atoms with Crippen molar-refractivity contribution in [3.8, 4) is 0 Å². The molecule has 0 N–H and O–H groups in total. The van der Waals surface area contributed by atoms with Crippen molar-refractivity contribution in [3.63, 3.8) is 0 Å². The molecule has 1 aromatic rings. The predicted octanol–water partition coefficient (Wildman–Crippen LogP) is 3.77. The quantitative estimate of drug-likeness (QED) is 0.516. The number of aromatic nitrogens is 1. The lowest BCUT2D eigenvalue weighted by Gasteiger charge is -2.18. The standard InChI is InChI=1S/C10H13Cl2N/c1-10(2,3)8-5-4-7(6-11)9(12)13-8/h4-5H,6H2,1-3H3. The average molecular weight is 218 g/mol. The van der Waals surface area contributed by atoms with Crippen molar-refractivity contribution in [2.45, 2.75) is 32.1 Å². The van der Waals surface area contributed by atoms with E-state index in [2.05, 4.69) is 25.8 Å². The van der Waals surface area contributed by atoms with E-state index >= 15 is 0 Å². The molecule has 0 spiro atoms. The molecule has 72 valence electrons. The molecular weight excluding hydrogens is 205 g/mol. The first-order valence-electron chi connectivity index (χ1n) is 4.17. The highest BCUT2D eigenvalue weighted by atomic mass is 35.5. The summed E-state index contributed by atoms with van der Waals surface area (Å²) < 4.78 is 0. The van der Waals surface area contributed by atoms with Gasteiger partial charge in [-0.3, -0.25) is 0 Å². The van der Waals surface area contributed by atoms with Crippen LogP contribution in [0.5, 0.6) is 0 Å². The molecule has 0 amide bonds. The molecule has 0 bridgehead atoms. The van der Waals surface area contributed by atoms with Crippen molar-refractivity contribution in [1.29, 1.82) is 0 Å². The summed E-state index contributed by atoms with van der Waals surface area (Å²) in [5.41, 5.74) is 1.91. The number of halogens is 2. The zero-order chi connectivity index (χ0) is 10.1. The van der Waals surface area contributed by atoms with Crippen molar-refractivity contribution in [3.05, 3.63) is 28.5 Å². The van der Waals surface area contributed by atoms with Crippen LogP contribution in [0.25, 0.3) is 0 Å². The van der Waals surface area contributed by atoms with Crippen LogP contribution in [0.2, 0.25) is 5.15 Å². The molecule has 0 saturated heterocycles. The van der Waals surface area contributed by atoms with E-state index in [-0.39, 0.29) is 5.41 Å². The highest BCUT2D eigenvalue weighted by molar-refractivity contribution is 6.31. The molecule has 1 aromatic heterocycles. The Morgan fingerprint density at radius 1 is 1.31 bits per heavy atom. The van der Waals surface area contributed by atoms with E-state index in [1.807, 2.05) is 12.1 Å². The minimum Gasteiger partial charge on any atom is -0.240 e. The fourth-order valence-electron chi connectivity index (χ4n) is 0.980. The van der Waals surface area contributed by atoms with Gasteiger partial charge in [0.2, 0.25) is 0 Å². The third-order valence-corrected chi connectivity index (χ3v) is 2.45. The number of rotatable bonds is 1. The van der Waals surface area contributed by atoms with Crippen LogP contribution in [-0.2, 0) is 11.3 Å². The van der Waals surface area contributed by atoms with Crippen molar-refractivity contribution >= 4 is 23.2 Å². The summed E-state index contributed by atoms with van der Waals surface area (Å²) in [5, 5.41) is 0.516. The molecule has 0 aromatic carbocycles. The maximum atomic E-state index is 5.94. The molecule has 1 rings (SSSR count). The van der Waals surface area contributed by atoms with Crippen molar-refractivity contribution in [2.24, 2.45) is 0 Å². The number of pyridine rings is 1. The van der Waals surface area contributed by atoms with E-state index in [9.17, 15) is 0 Å². The third kappa shape index (κ3) is 2.58. The fraction of sp³-hybridized carbons (Fsp3) is 0.500. The van der Waals surface area contributed by atoms with Gasteiger partial charge in [0, 0.05) is 16.7 Å². The van der Waals surface area contributed by atoms with Crippen LogP contribution in [0, 0.1) is 0 Å². The second-order valence-electron chi connectivity index (χ2n) is 4.03. The van der Waals surface area contributed by atoms with Gasteiger partial charge in [0.05, 0.1) is 5.88 Å². The Balaban J connectivity index is 3.10. The lowest BCUT2D eigenvalue weighted by Crippen LogP contribution is -2.13. The first kappa shape index (κ1) is 10.8. The Labute approximate surface area is 89.1 Å². The first-order chi connectivity index (χ1) is 5.95. The van der Waals surface area contributed by atoms with Crippen molar-refractivity contribution in [1.82, 2.24) is 4.98 Å². The van der Waals surface area contributed by atoms with E-state index in [1.165, 1.54) is 0 Å². The molecule has 1 nitrogen and oxygen atoms in total. The second kappa shape index (κ2) is 3.85. The summed E-state index contributed by atoms with van der Waals surface area (Å²) in [7, 11) is 0. The molecule has 0 atom stereocenters. The van der Waals surface area contributed by atoms with Crippen LogP contribution >= 0.6 is 23.2 Å². The minimum absolute atomic E-state index is 0.0362. The van der Waals surface area contributed by atoms with Gasteiger partial charge in [0.15, 0.2) is 0 Å². The largest absolute Gasteiger partial charge is 0.240 e. The second-order valence-corrected chi connectivity index (χ2v) is 4.66. The third-order valence-electron chi connectivity index (χ3n) is 1.84. The van der Waals surface area contributed by atoms with Gasteiger partial charge in [-0.05, 0) is 6.07 Å². The Morgan fingerprint density at radius 2 is 1.92 bits per heavy atom. The van der Waals surface area contributed by atoms with Gasteiger partial charge >= 0.3 is 0 Å². The van der Waals surface area contributed by atoms with Crippen LogP contribution < -0.4 is 0 Å². The Morgan fingerprint density at radius 3 is 2.31 bits per heavy atom. The topological polar surface area (TPSA) is 12.9 Å². The first-order valence-corrected chi connectivity index (χ1v) is 5.08. The molecular formula is C10H13Cl2N. The Hall–Kier alpha value is -0.270. The molecule has 0 radical (unpaired) electrons. The average Bonchev–Trinajstić information content (AvgIpc) is 2.02. The molecule has 0 aliphatic rings. The van der Waals surface area contributed by atoms with E-state index in [0.29, 0.717) is 11.0 Å². The van der Waals surface area contributed by atoms with Crippen molar-refractivity contribution in [2.75, 3.05) is 0 Å². The summed E-state index contributed by atoms with van der Waals surface area (Å²) in [5.74, 6) is 0.413. The Kier molecular flexibility index (Phi) is 3.20. The van der Waals surface area contributed by atoms with Gasteiger partial charge in [0.1, 0.15) is 5.15 Å². The van der Waals surface area contributed by atoms with Crippen LogP contribution in [0.3, 0.4) is 0 Å². The van der Waals surface area contributed by atoms with E-state index < -0.39 is 0 Å². The van der Waals surface area contributed by atoms with Gasteiger partial charge in [-0.15, -0.1) is 11.6 Å². The lowest BCUT2D eigenvalue weighted by molar-refractivity contribution is 0.568. The summed E-state index contributed by atoms with van der Waals surface area (Å²) in [6.45, 7) is 6.31. The Bertz CT molecular complexity index is 302. The smallest absolute Gasteiger partial charge is 0.133 e. The van der Waals surface area contributed by atoms with Gasteiger partial charge < -0.3 is 0 Å². The molecule has 0 aliphatic heterocycles. The van der Waals surface area contributed by atoms with E-state index in [4.69, 9.17) is 23.2 Å². The number of nitrogens with zero attached hydrogens (tertiary/aromatic N) is 1. The van der Waals surface area contributed by atoms with Crippen LogP contribution in [0.1, 0.15) is 32.0 Å². The molecule has 0 aliphatic carbocycles. The van der Waals surface area contributed by atoms with E-state index in [1.54, 1.807) is 0 Å². The number of hydrogen-bond acceptors (Lipinski definition) is 1. The monoisotopic (exact) mass is 217 g/mol. The van der Waals surface area contributed by atoms with Gasteiger partial charge in [-0.1, -0.05) is 38.4 Å². The molecule has 0 unspecified atom stereocenters. The molecule has 3 heteroatoms. The highest BCUT2D eigenvalue weighted by Crippen LogP contribution is 2.24. The van der Waals surface area contributed by atoms with Crippen LogP contribution in [-0.4, -0.2) is 4.98 Å². The zero-order valence-corrected chi connectivity index (χ0v) is 9.58. The fourth-order valence-corrected chi connectivity index (χ4v) is 1.49. The normalized spacial score (nSPS) is 11.8. The lowest BCUT2D eigenvalue weighted by atomic mass is 9.91. The zero-order valence-electron chi connectivity index (χ0n) is 8.06. The summed E-state index contributed by atoms with van der Waals surface area (Å²) in [6, 6.07) is 3.91. The molecule has 1 heterocycles. The summed E-state index contributed by atoms with van der Waals surface area (Å²) in [6.07, 6.45) is 0. The van der Waals surface area contributed by atoms with Crippen LogP contribution in [0.15, 0.2) is 12.1 Å². The molecule has 0 fully saturated rings. The van der Waals surface area contributed by atoms with Gasteiger partial charge in [-0.2, -0.15) is 0 Å². The SMILES string of the molecule is CC(C)(C)c1ccc(CCl)c(Cl)n1. The van der Waals surface area contributed by atoms with Crippen molar-refractivity contribution < 1.29 is 0 Å². The minimum atomic E-state index is 0.0362.